The predicted octanol–water partition coefficient (Wildman–Crippen LogP) is 2.99. The molecule has 2 aromatic rings. The minimum absolute atomic E-state index is 0.00881. The largest absolute Gasteiger partial charge is 0.306 e. The summed E-state index contributed by atoms with van der Waals surface area (Å²) in [5, 5.41) is 0. The summed E-state index contributed by atoms with van der Waals surface area (Å²) in [6, 6.07) is 7.85. The van der Waals surface area contributed by atoms with Gasteiger partial charge in [0.15, 0.2) is 17.5 Å². The van der Waals surface area contributed by atoms with E-state index in [1.165, 1.54) is 4.90 Å². The second-order valence-corrected chi connectivity index (χ2v) is 5.23. The zero-order valence-corrected chi connectivity index (χ0v) is 11.6. The molecule has 2 rings (SSSR count). The van der Waals surface area contributed by atoms with Crippen molar-refractivity contribution in [1.29, 1.82) is 0 Å². The van der Waals surface area contributed by atoms with Crippen LogP contribution in [0.1, 0.15) is 12.6 Å². The summed E-state index contributed by atoms with van der Waals surface area (Å²) in [6.07, 6.45) is 0. The zero-order valence-electron chi connectivity index (χ0n) is 10.8. The number of hydrogen-bond acceptors (Lipinski definition) is 5. The lowest BCUT2D eigenvalue weighted by Crippen LogP contribution is -2.13. The van der Waals surface area contributed by atoms with E-state index in [0.717, 1.165) is 11.3 Å². The molecule has 0 amide bonds. The van der Waals surface area contributed by atoms with Crippen molar-refractivity contribution in [2.24, 2.45) is 5.84 Å². The number of hydrazine groups is 1. The molecule has 0 unspecified atom stereocenters. The third-order valence-corrected chi connectivity index (χ3v) is 3.47. The number of nitrogens with zero attached hydrogens (tertiary/aromatic N) is 2. The van der Waals surface area contributed by atoms with Crippen LogP contribution in [-0.4, -0.2) is 15.7 Å². The number of thioether (sulfide) groups is 1. The fourth-order valence-corrected chi connectivity index (χ4v) is 2.31. The Morgan fingerprint density at radius 2 is 1.95 bits per heavy atom. The minimum atomic E-state index is -0.524. The van der Waals surface area contributed by atoms with E-state index in [2.05, 4.69) is 22.3 Å². The quantitative estimate of drug-likeness (QED) is 0.511. The molecule has 0 aliphatic heterocycles. The Balaban J connectivity index is 2.38. The van der Waals surface area contributed by atoms with E-state index in [9.17, 15) is 4.39 Å². The number of benzene rings is 1. The molecular formula is C13H15FN4S. The highest BCUT2D eigenvalue weighted by Crippen LogP contribution is 2.24. The first kappa shape index (κ1) is 13.8. The Hall–Kier alpha value is -1.66. The van der Waals surface area contributed by atoms with Gasteiger partial charge in [-0.15, -0.1) is 11.8 Å². The van der Waals surface area contributed by atoms with Crippen molar-refractivity contribution < 1.29 is 4.39 Å². The Bertz CT molecular complexity index is 572. The van der Waals surface area contributed by atoms with Gasteiger partial charge in [-0.25, -0.2) is 20.2 Å². The minimum Gasteiger partial charge on any atom is -0.306 e. The summed E-state index contributed by atoms with van der Waals surface area (Å²) in [4.78, 5) is 9.39. The molecule has 0 saturated heterocycles. The molecule has 6 heteroatoms. The number of rotatable bonds is 4. The number of aryl methyl sites for hydroxylation is 1. The van der Waals surface area contributed by atoms with Crippen molar-refractivity contribution in [3.63, 3.8) is 0 Å². The van der Waals surface area contributed by atoms with Crippen molar-refractivity contribution in [1.82, 2.24) is 9.97 Å². The van der Waals surface area contributed by atoms with E-state index in [1.807, 2.05) is 24.3 Å². The van der Waals surface area contributed by atoms with Crippen LogP contribution >= 0.6 is 11.8 Å². The molecule has 0 atom stereocenters. The van der Waals surface area contributed by atoms with Crippen LogP contribution in [0.25, 0.3) is 11.4 Å². The van der Waals surface area contributed by atoms with E-state index in [1.54, 1.807) is 18.7 Å². The summed E-state index contributed by atoms with van der Waals surface area (Å²) < 4.78 is 13.6. The molecular weight excluding hydrogens is 263 g/mol. The van der Waals surface area contributed by atoms with Crippen molar-refractivity contribution in [3.05, 3.63) is 35.8 Å². The van der Waals surface area contributed by atoms with E-state index in [-0.39, 0.29) is 11.5 Å². The Kier molecular flexibility index (Phi) is 4.34. The summed E-state index contributed by atoms with van der Waals surface area (Å²) in [5.74, 6) is 6.21. The number of aromatic nitrogens is 2. The van der Waals surface area contributed by atoms with E-state index < -0.39 is 5.82 Å². The van der Waals surface area contributed by atoms with Gasteiger partial charge in [-0.3, -0.25) is 0 Å². The summed E-state index contributed by atoms with van der Waals surface area (Å²) in [7, 11) is 0. The number of nitrogens with two attached hydrogens (primary N) is 1. The summed E-state index contributed by atoms with van der Waals surface area (Å²) in [5.41, 5.74) is 3.35. The second kappa shape index (κ2) is 5.99. The van der Waals surface area contributed by atoms with E-state index in [4.69, 9.17) is 5.84 Å². The van der Waals surface area contributed by atoms with Crippen LogP contribution in [0.3, 0.4) is 0 Å². The number of anilines is 1. The highest BCUT2D eigenvalue weighted by atomic mass is 32.2. The van der Waals surface area contributed by atoms with Gasteiger partial charge in [-0.05, 0) is 24.8 Å². The normalized spacial score (nSPS) is 10.5. The average Bonchev–Trinajstić information content (AvgIpc) is 2.43. The summed E-state index contributed by atoms with van der Waals surface area (Å²) in [6.45, 7) is 3.69. The molecule has 3 N–H and O–H groups in total. The number of halogens is 1. The van der Waals surface area contributed by atoms with Crippen LogP contribution in [0.4, 0.5) is 10.2 Å². The molecule has 1 aromatic carbocycles. The highest BCUT2D eigenvalue weighted by molar-refractivity contribution is 7.99. The zero-order chi connectivity index (χ0) is 13.8. The van der Waals surface area contributed by atoms with Gasteiger partial charge in [0.1, 0.15) is 0 Å². The van der Waals surface area contributed by atoms with E-state index in [0.29, 0.717) is 5.82 Å². The molecule has 4 nitrogen and oxygen atoms in total. The van der Waals surface area contributed by atoms with Gasteiger partial charge >= 0.3 is 0 Å². The maximum absolute atomic E-state index is 13.6. The van der Waals surface area contributed by atoms with Crippen molar-refractivity contribution >= 4 is 17.6 Å². The van der Waals surface area contributed by atoms with Crippen LogP contribution in [0, 0.1) is 12.7 Å². The lowest BCUT2D eigenvalue weighted by molar-refractivity contribution is 0.606. The average molecular weight is 278 g/mol. The molecule has 0 aliphatic rings. The van der Waals surface area contributed by atoms with E-state index >= 15 is 0 Å². The van der Waals surface area contributed by atoms with Gasteiger partial charge in [0.25, 0.3) is 0 Å². The van der Waals surface area contributed by atoms with Gasteiger partial charge in [-0.1, -0.05) is 19.1 Å². The van der Waals surface area contributed by atoms with Crippen LogP contribution in [0.15, 0.2) is 29.2 Å². The fraction of sp³-hybridized carbons (Fsp3) is 0.231. The number of nitrogens with one attached hydrogen (secondary N) is 1. The van der Waals surface area contributed by atoms with Crippen molar-refractivity contribution in [2.45, 2.75) is 18.7 Å². The molecule has 0 aliphatic carbocycles. The molecule has 1 aromatic heterocycles. The van der Waals surface area contributed by atoms with Gasteiger partial charge < -0.3 is 5.43 Å². The molecule has 19 heavy (non-hydrogen) atoms. The first-order valence-electron chi connectivity index (χ1n) is 5.89. The second-order valence-electron chi connectivity index (χ2n) is 3.90. The van der Waals surface area contributed by atoms with Gasteiger partial charge in [0, 0.05) is 10.5 Å². The maximum Gasteiger partial charge on any atom is 0.187 e. The molecule has 0 radical (unpaired) electrons. The van der Waals surface area contributed by atoms with Gasteiger partial charge in [0.2, 0.25) is 0 Å². The molecule has 0 saturated carbocycles. The topological polar surface area (TPSA) is 63.8 Å². The monoisotopic (exact) mass is 278 g/mol. The van der Waals surface area contributed by atoms with Crippen molar-refractivity contribution in [2.75, 3.05) is 11.2 Å². The first-order chi connectivity index (χ1) is 9.15. The SMILES string of the molecule is CCSc1ccc(-c2nc(C)c(F)c(NN)n2)cc1. The first-order valence-corrected chi connectivity index (χ1v) is 6.88. The molecule has 100 valence electrons. The Morgan fingerprint density at radius 1 is 1.26 bits per heavy atom. The predicted molar refractivity (Wildman–Crippen MR) is 76.4 cm³/mol. The maximum atomic E-state index is 13.6. The summed E-state index contributed by atoms with van der Waals surface area (Å²) >= 11 is 1.76. The third-order valence-electron chi connectivity index (χ3n) is 2.58. The third kappa shape index (κ3) is 3.02. The van der Waals surface area contributed by atoms with Crippen molar-refractivity contribution in [3.8, 4) is 11.4 Å². The van der Waals surface area contributed by atoms with Crippen LogP contribution in [-0.2, 0) is 0 Å². The molecule has 0 bridgehead atoms. The smallest absolute Gasteiger partial charge is 0.187 e. The Labute approximate surface area is 115 Å². The number of hydrogen-bond donors (Lipinski definition) is 2. The number of nitrogen functional groups attached to an aromatic ring is 1. The van der Waals surface area contributed by atoms with Crippen LogP contribution in [0.5, 0.6) is 0 Å². The lowest BCUT2D eigenvalue weighted by Gasteiger charge is -2.07. The standard InChI is InChI=1S/C13H15FN4S/c1-3-19-10-6-4-9(5-7-10)12-16-8(2)11(14)13(17-12)18-15/h4-7H,3,15H2,1-2H3,(H,16,17,18). The highest BCUT2D eigenvalue weighted by Gasteiger charge is 2.11. The van der Waals surface area contributed by atoms with Crippen LogP contribution < -0.4 is 11.3 Å². The lowest BCUT2D eigenvalue weighted by atomic mass is 10.2. The van der Waals surface area contributed by atoms with Gasteiger partial charge in [0.05, 0.1) is 5.69 Å². The Morgan fingerprint density at radius 3 is 2.53 bits per heavy atom. The fourth-order valence-electron chi connectivity index (χ4n) is 1.65. The molecule has 1 heterocycles. The van der Waals surface area contributed by atoms with Gasteiger partial charge in [-0.2, -0.15) is 0 Å². The molecule has 0 fully saturated rings. The molecule has 0 spiro atoms. The van der Waals surface area contributed by atoms with Crippen LogP contribution in [0.2, 0.25) is 0 Å².